The third kappa shape index (κ3) is 5.16. The van der Waals surface area contributed by atoms with Gasteiger partial charge in [0.1, 0.15) is 16.9 Å². The summed E-state index contributed by atoms with van der Waals surface area (Å²) in [7, 11) is 0. The number of fused-ring (bicyclic) bond motifs is 3. The van der Waals surface area contributed by atoms with E-state index in [9.17, 15) is 14.4 Å². The molecule has 214 valence electrons. The number of imide groups is 1. The number of amides is 3. The van der Waals surface area contributed by atoms with E-state index in [1.807, 2.05) is 60.0 Å². The monoisotopic (exact) mass is 600 g/mol. The zero-order chi connectivity index (χ0) is 29.5. The van der Waals surface area contributed by atoms with Gasteiger partial charge in [0.05, 0.1) is 18.1 Å². The Morgan fingerprint density at radius 3 is 2.62 bits per heavy atom. The van der Waals surface area contributed by atoms with Gasteiger partial charge in [-0.05, 0) is 56.0 Å². The van der Waals surface area contributed by atoms with Gasteiger partial charge in [-0.1, -0.05) is 48.0 Å². The molecule has 2 N–H and O–H groups in total. The van der Waals surface area contributed by atoms with Crippen LogP contribution in [0, 0.1) is 20.8 Å². The molecule has 2 aromatic carbocycles. The van der Waals surface area contributed by atoms with Crippen molar-refractivity contribution in [2.75, 3.05) is 0 Å². The van der Waals surface area contributed by atoms with Crippen LogP contribution in [-0.4, -0.2) is 38.2 Å². The van der Waals surface area contributed by atoms with E-state index in [1.165, 1.54) is 4.88 Å². The summed E-state index contributed by atoms with van der Waals surface area (Å²) in [4.78, 5) is 44.0. The number of aromatic nitrogens is 3. The Morgan fingerprint density at radius 1 is 1.10 bits per heavy atom. The fourth-order valence-electron chi connectivity index (χ4n) is 5.60. The molecule has 2 aromatic heterocycles. The Balaban J connectivity index is 1.30. The molecule has 0 aliphatic carbocycles. The second-order valence-electron chi connectivity index (χ2n) is 10.6. The van der Waals surface area contributed by atoms with Crippen molar-refractivity contribution >= 4 is 46.4 Å². The highest BCUT2D eigenvalue weighted by Gasteiger charge is 2.33. The molecule has 6 rings (SSSR count). The van der Waals surface area contributed by atoms with E-state index in [4.69, 9.17) is 16.6 Å². The second-order valence-corrected chi connectivity index (χ2v) is 12.2. The maximum absolute atomic E-state index is 13.5. The van der Waals surface area contributed by atoms with E-state index >= 15 is 0 Å². The molecule has 9 nitrogen and oxygen atoms in total. The van der Waals surface area contributed by atoms with Crippen LogP contribution in [0.25, 0.3) is 5.00 Å². The lowest BCUT2D eigenvalue weighted by Crippen LogP contribution is -2.40. The largest absolute Gasteiger partial charge is 0.352 e. The summed E-state index contributed by atoms with van der Waals surface area (Å²) in [5.74, 6) is 0.132. The van der Waals surface area contributed by atoms with Crippen molar-refractivity contribution in [3.05, 3.63) is 97.9 Å². The van der Waals surface area contributed by atoms with Gasteiger partial charge >= 0.3 is 0 Å². The van der Waals surface area contributed by atoms with E-state index in [0.717, 1.165) is 44.4 Å². The van der Waals surface area contributed by atoms with Gasteiger partial charge in [-0.25, -0.2) is 0 Å². The van der Waals surface area contributed by atoms with E-state index in [-0.39, 0.29) is 37.1 Å². The second kappa shape index (κ2) is 11.3. The number of nitrogens with zero attached hydrogens (tertiary/aromatic N) is 4. The number of carbonyl (C=O) groups is 3. The normalized spacial score (nSPS) is 18.0. The van der Waals surface area contributed by atoms with Crippen LogP contribution in [-0.2, 0) is 20.9 Å². The number of thiophene rings is 1. The number of hydrogen-bond donors (Lipinski definition) is 2. The zero-order valence-electron chi connectivity index (χ0n) is 23.4. The van der Waals surface area contributed by atoms with E-state index in [2.05, 4.69) is 34.7 Å². The highest BCUT2D eigenvalue weighted by molar-refractivity contribution is 7.15. The van der Waals surface area contributed by atoms with Crippen molar-refractivity contribution in [1.82, 2.24) is 25.4 Å². The maximum Gasteiger partial charge on any atom is 0.234 e. The Labute approximate surface area is 252 Å². The van der Waals surface area contributed by atoms with Gasteiger partial charge in [0.25, 0.3) is 0 Å². The number of benzene rings is 2. The number of aryl methyl sites for hydroxylation is 2. The molecule has 0 bridgehead atoms. The van der Waals surface area contributed by atoms with Crippen molar-refractivity contribution < 1.29 is 14.4 Å². The summed E-state index contributed by atoms with van der Waals surface area (Å²) < 4.78 is 2.02. The predicted molar refractivity (Wildman–Crippen MR) is 161 cm³/mol. The molecule has 2 aliphatic heterocycles. The van der Waals surface area contributed by atoms with Crippen LogP contribution in [0.5, 0.6) is 0 Å². The molecule has 1 unspecified atom stereocenters. The Hall–Kier alpha value is -4.15. The lowest BCUT2D eigenvalue weighted by molar-refractivity contribution is -0.134. The van der Waals surface area contributed by atoms with Crippen LogP contribution in [0.2, 0.25) is 5.02 Å². The third-order valence-corrected chi connectivity index (χ3v) is 9.33. The van der Waals surface area contributed by atoms with Crippen LogP contribution >= 0.6 is 22.9 Å². The molecule has 0 radical (unpaired) electrons. The summed E-state index contributed by atoms with van der Waals surface area (Å²) in [6.07, 6.45) is 0.790. The highest BCUT2D eigenvalue weighted by Crippen LogP contribution is 2.39. The molecule has 4 aromatic rings. The summed E-state index contributed by atoms with van der Waals surface area (Å²) in [6.45, 7) is 6.32. The number of nitrogens with one attached hydrogen (secondary N) is 2. The van der Waals surface area contributed by atoms with Gasteiger partial charge in [0.2, 0.25) is 17.7 Å². The number of hydrogen-bond acceptors (Lipinski definition) is 7. The summed E-state index contributed by atoms with van der Waals surface area (Å²) >= 11 is 7.86. The highest BCUT2D eigenvalue weighted by atomic mass is 35.5. The molecule has 1 fully saturated rings. The molecular formula is C31H29ClN6O3S. The van der Waals surface area contributed by atoms with Gasteiger partial charge in [0.15, 0.2) is 5.82 Å². The fraction of sp³-hybridized carbons (Fsp3) is 0.290. The molecule has 1 saturated heterocycles. The first-order valence-electron chi connectivity index (χ1n) is 13.8. The molecular weight excluding hydrogens is 572 g/mol. The topological polar surface area (TPSA) is 118 Å². The minimum absolute atomic E-state index is 0.0583. The van der Waals surface area contributed by atoms with Gasteiger partial charge < -0.3 is 5.32 Å². The molecule has 4 heterocycles. The first-order chi connectivity index (χ1) is 20.2. The van der Waals surface area contributed by atoms with Crippen molar-refractivity contribution in [2.24, 2.45) is 4.99 Å². The summed E-state index contributed by atoms with van der Waals surface area (Å²) in [6, 6.07) is 14.5. The smallest absolute Gasteiger partial charge is 0.234 e. The van der Waals surface area contributed by atoms with Crippen LogP contribution < -0.4 is 10.6 Å². The summed E-state index contributed by atoms with van der Waals surface area (Å²) in [5, 5.41) is 15.9. The van der Waals surface area contributed by atoms with Gasteiger partial charge in [-0.15, -0.1) is 21.5 Å². The first-order valence-corrected chi connectivity index (χ1v) is 14.9. The van der Waals surface area contributed by atoms with Gasteiger partial charge in [-0.3, -0.25) is 29.3 Å². The van der Waals surface area contributed by atoms with Crippen LogP contribution in [0.4, 0.5) is 0 Å². The average molecular weight is 601 g/mol. The maximum atomic E-state index is 13.5. The zero-order valence-corrected chi connectivity index (χ0v) is 25.0. The van der Waals surface area contributed by atoms with Crippen molar-refractivity contribution in [3.8, 4) is 5.00 Å². The van der Waals surface area contributed by atoms with Crippen LogP contribution in [0.3, 0.4) is 0 Å². The van der Waals surface area contributed by atoms with Gasteiger partial charge in [-0.2, -0.15) is 0 Å². The van der Waals surface area contributed by atoms with Crippen LogP contribution in [0.1, 0.15) is 75.6 Å². The number of carbonyl (C=O) groups excluding carboxylic acids is 3. The molecule has 42 heavy (non-hydrogen) atoms. The molecule has 3 amide bonds. The Bertz CT molecular complexity index is 1760. The Morgan fingerprint density at radius 2 is 1.86 bits per heavy atom. The number of aliphatic imine (C=N–C) groups is 1. The number of rotatable bonds is 6. The molecule has 11 heteroatoms. The predicted octanol–water partition coefficient (Wildman–Crippen LogP) is 5.03. The van der Waals surface area contributed by atoms with Gasteiger partial charge in [0, 0.05) is 34.0 Å². The SMILES string of the molecule is Cc1sc2c(c1C)C(c1ccc(Cl)cc1)=N[C@@H](CC(=O)NCc1ccccc1C1CCC(=O)NC1=O)c1nnc(C)n1-2. The third-order valence-electron chi connectivity index (χ3n) is 7.88. The molecule has 2 aliphatic rings. The van der Waals surface area contributed by atoms with Crippen LogP contribution in [0.15, 0.2) is 53.5 Å². The number of halogens is 1. The molecule has 0 saturated carbocycles. The lowest BCUT2D eigenvalue weighted by Gasteiger charge is -2.23. The average Bonchev–Trinajstić information content (AvgIpc) is 3.44. The standard InChI is InChI=1S/C31H29ClN6O3S/c1-16-17(2)42-31-27(16)28(19-8-10-21(32)11-9-19)34-24(29-37-36-18(3)38(29)31)14-26(40)33-15-20-6-4-5-7-22(20)23-12-13-25(39)35-30(23)41/h4-11,23-24H,12-15H2,1-3H3,(H,33,40)(H,35,39,41)/t23?,24-/m0/s1. The van der Waals surface area contributed by atoms with Crippen molar-refractivity contribution in [2.45, 2.75) is 58.5 Å². The number of piperidine rings is 1. The first kappa shape index (κ1) is 28.0. The lowest BCUT2D eigenvalue weighted by atomic mass is 9.87. The van der Waals surface area contributed by atoms with E-state index in [1.54, 1.807) is 11.3 Å². The molecule has 2 atom stereocenters. The fourth-order valence-corrected chi connectivity index (χ4v) is 6.94. The quantitative estimate of drug-likeness (QED) is 0.301. The van der Waals surface area contributed by atoms with E-state index in [0.29, 0.717) is 17.3 Å². The Kier molecular flexibility index (Phi) is 7.51. The van der Waals surface area contributed by atoms with E-state index < -0.39 is 12.0 Å². The van der Waals surface area contributed by atoms with Crippen molar-refractivity contribution in [1.29, 1.82) is 0 Å². The minimum atomic E-state index is -0.582. The molecule has 0 spiro atoms. The summed E-state index contributed by atoms with van der Waals surface area (Å²) in [5.41, 5.74) is 5.46. The van der Waals surface area contributed by atoms with Crippen molar-refractivity contribution in [3.63, 3.8) is 0 Å². The minimum Gasteiger partial charge on any atom is -0.352 e.